The highest BCUT2D eigenvalue weighted by molar-refractivity contribution is 6.26. The summed E-state index contributed by atoms with van der Waals surface area (Å²) in [6, 6.07) is 12.3. The first-order valence-corrected chi connectivity index (χ1v) is 15.3. The molecule has 0 saturated carbocycles. The molecule has 8 heteroatoms. The van der Waals surface area contributed by atoms with Crippen molar-refractivity contribution in [3.8, 4) is 11.1 Å². The van der Waals surface area contributed by atoms with Gasteiger partial charge in [-0.15, -0.1) is 0 Å². The van der Waals surface area contributed by atoms with Crippen LogP contribution in [0.2, 0.25) is 0 Å². The minimum Gasteiger partial charge on any atom is -0.321 e. The zero-order valence-electron chi connectivity index (χ0n) is 24.3. The molecule has 2 saturated heterocycles. The highest BCUT2D eigenvalue weighted by atomic mass is 19.3. The van der Waals surface area contributed by atoms with Gasteiger partial charge >= 0.3 is 0 Å². The van der Waals surface area contributed by atoms with E-state index in [1.54, 1.807) is 17.3 Å². The number of hydrogen-bond donors (Lipinski definition) is 1. The van der Waals surface area contributed by atoms with E-state index in [9.17, 15) is 13.6 Å². The van der Waals surface area contributed by atoms with Crippen molar-refractivity contribution in [1.82, 2.24) is 19.8 Å². The highest BCUT2D eigenvalue weighted by Crippen LogP contribution is 2.35. The summed E-state index contributed by atoms with van der Waals surface area (Å²) < 4.78 is 27.5. The molecule has 1 aromatic carbocycles. The van der Waals surface area contributed by atoms with Crippen molar-refractivity contribution in [2.75, 3.05) is 31.5 Å². The third-order valence-corrected chi connectivity index (χ3v) is 8.76. The van der Waals surface area contributed by atoms with Gasteiger partial charge in [0, 0.05) is 49.6 Å². The third-order valence-electron chi connectivity index (χ3n) is 8.76. The number of carbonyl (C=O) groups excluding carboxylic acids is 1. The molecule has 3 aromatic rings. The summed E-state index contributed by atoms with van der Waals surface area (Å²) >= 11 is 0. The van der Waals surface area contributed by atoms with Crippen LogP contribution in [0.4, 0.5) is 14.5 Å². The number of rotatable bonds is 8. The molecular weight excluding hydrogens is 532 g/mol. The lowest BCUT2D eigenvalue weighted by Gasteiger charge is -2.30. The van der Waals surface area contributed by atoms with Gasteiger partial charge in [0.15, 0.2) is 0 Å². The lowest BCUT2D eigenvalue weighted by molar-refractivity contribution is -0.111. The standard InChI is InChI=1S/C34H39F2N5O/c1-2-25-6-3-4-7-26-8-9-27(28-16-24(18-37-19-28)21-41-15-12-34(35,36)23-41)17-31(26)32(25)33(42)39-29-10-11-30(38-20-29)22-40-13-5-14-40/h8-11,16-20H,2-7,12-15,21-23H2,1H3,(H,39,42). The first-order valence-electron chi connectivity index (χ1n) is 15.3. The monoisotopic (exact) mass is 571 g/mol. The predicted molar refractivity (Wildman–Crippen MR) is 162 cm³/mol. The third kappa shape index (κ3) is 6.60. The molecule has 0 unspecified atom stereocenters. The number of nitrogens with zero attached hydrogens (tertiary/aromatic N) is 4. The van der Waals surface area contributed by atoms with E-state index in [0.717, 1.165) is 90.8 Å². The van der Waals surface area contributed by atoms with Crippen molar-refractivity contribution in [3.05, 3.63) is 82.9 Å². The Morgan fingerprint density at radius 1 is 0.929 bits per heavy atom. The number of likely N-dealkylation sites (tertiary alicyclic amines) is 2. The molecule has 6 nitrogen and oxygen atoms in total. The molecular formula is C34H39F2N5O. The molecule has 2 aliphatic heterocycles. The van der Waals surface area contributed by atoms with E-state index in [4.69, 9.17) is 0 Å². The lowest BCUT2D eigenvalue weighted by Crippen LogP contribution is -2.36. The maximum absolute atomic E-state index is 13.9. The Bertz CT molecular complexity index is 1470. The maximum atomic E-state index is 13.9. The van der Waals surface area contributed by atoms with Gasteiger partial charge in [-0.25, -0.2) is 8.78 Å². The van der Waals surface area contributed by atoms with E-state index in [1.807, 2.05) is 24.4 Å². The number of hydrogen-bond acceptors (Lipinski definition) is 5. The van der Waals surface area contributed by atoms with Gasteiger partial charge in [0.2, 0.25) is 0 Å². The second-order valence-electron chi connectivity index (χ2n) is 11.9. The van der Waals surface area contributed by atoms with Crippen LogP contribution in [-0.4, -0.2) is 57.8 Å². The molecule has 1 aliphatic carbocycles. The van der Waals surface area contributed by atoms with Gasteiger partial charge in [0.25, 0.3) is 11.8 Å². The fourth-order valence-electron chi connectivity index (χ4n) is 6.30. The van der Waals surface area contributed by atoms with Crippen LogP contribution in [0.1, 0.15) is 67.8 Å². The molecule has 1 amide bonds. The molecule has 0 atom stereocenters. The van der Waals surface area contributed by atoms with Crippen molar-refractivity contribution < 1.29 is 13.6 Å². The number of carbonyl (C=O) groups is 1. The summed E-state index contributed by atoms with van der Waals surface area (Å²) in [6.45, 7) is 5.82. The van der Waals surface area contributed by atoms with E-state index >= 15 is 0 Å². The van der Waals surface area contributed by atoms with E-state index in [1.165, 1.54) is 12.0 Å². The summed E-state index contributed by atoms with van der Waals surface area (Å²) in [5, 5.41) is 3.14. The molecule has 220 valence electrons. The fourth-order valence-corrected chi connectivity index (χ4v) is 6.30. The van der Waals surface area contributed by atoms with Crippen LogP contribution in [0, 0.1) is 0 Å². The molecule has 2 fully saturated rings. The molecule has 1 N–H and O–H groups in total. The number of fused-ring (bicyclic) bond motifs is 1. The molecule has 4 heterocycles. The summed E-state index contributed by atoms with van der Waals surface area (Å²) in [5.74, 6) is -2.72. The van der Waals surface area contributed by atoms with Crippen LogP contribution in [0.15, 0.2) is 60.6 Å². The van der Waals surface area contributed by atoms with Crippen molar-refractivity contribution in [1.29, 1.82) is 0 Å². The summed E-state index contributed by atoms with van der Waals surface area (Å²) in [4.78, 5) is 27.1. The fraction of sp³-hybridized carbons (Fsp3) is 0.441. The Morgan fingerprint density at radius 2 is 1.79 bits per heavy atom. The SMILES string of the molecule is CCC1=C(C(=O)Nc2ccc(CN3CCC3)nc2)c2cc(-c3cncc(CN4CCC(F)(F)C4)c3)ccc2CCCC1. The normalized spacial score (nSPS) is 19.1. The first kappa shape index (κ1) is 28.6. The number of halogens is 2. The molecule has 6 rings (SSSR count). The number of benzene rings is 1. The largest absolute Gasteiger partial charge is 0.321 e. The smallest absolute Gasteiger partial charge is 0.261 e. The van der Waals surface area contributed by atoms with Gasteiger partial charge in [-0.2, -0.15) is 0 Å². The lowest BCUT2D eigenvalue weighted by atomic mass is 9.85. The Balaban J connectivity index is 1.27. The number of aryl methyl sites for hydroxylation is 1. The van der Waals surface area contributed by atoms with Crippen molar-refractivity contribution in [2.45, 2.75) is 70.9 Å². The summed E-state index contributed by atoms with van der Waals surface area (Å²) in [7, 11) is 0. The number of amides is 1. The van der Waals surface area contributed by atoms with Crippen LogP contribution in [0.3, 0.4) is 0 Å². The molecule has 2 aromatic heterocycles. The second-order valence-corrected chi connectivity index (χ2v) is 11.9. The van der Waals surface area contributed by atoms with Crippen LogP contribution in [0.5, 0.6) is 0 Å². The van der Waals surface area contributed by atoms with E-state index < -0.39 is 5.92 Å². The van der Waals surface area contributed by atoms with Crippen LogP contribution in [0.25, 0.3) is 16.7 Å². The minimum absolute atomic E-state index is 0.0965. The van der Waals surface area contributed by atoms with Crippen LogP contribution >= 0.6 is 0 Å². The van der Waals surface area contributed by atoms with Gasteiger partial charge in [-0.3, -0.25) is 24.6 Å². The first-order chi connectivity index (χ1) is 20.4. The minimum atomic E-state index is -2.62. The average molecular weight is 572 g/mol. The number of pyridine rings is 2. The Kier molecular flexibility index (Phi) is 8.45. The Morgan fingerprint density at radius 3 is 2.50 bits per heavy atom. The van der Waals surface area contributed by atoms with Gasteiger partial charge < -0.3 is 5.32 Å². The summed E-state index contributed by atoms with van der Waals surface area (Å²) in [6.07, 6.45) is 11.2. The zero-order valence-corrected chi connectivity index (χ0v) is 24.3. The zero-order chi connectivity index (χ0) is 29.1. The molecule has 3 aliphatic rings. The van der Waals surface area contributed by atoms with Crippen molar-refractivity contribution in [3.63, 3.8) is 0 Å². The van der Waals surface area contributed by atoms with E-state index in [-0.39, 0.29) is 18.9 Å². The number of nitrogens with one attached hydrogen (secondary N) is 1. The Hall–Kier alpha value is -3.49. The predicted octanol–water partition coefficient (Wildman–Crippen LogP) is 6.72. The number of alkyl halides is 2. The molecule has 42 heavy (non-hydrogen) atoms. The van der Waals surface area contributed by atoms with Gasteiger partial charge in [-0.05, 0) is 98.1 Å². The number of allylic oxidation sites excluding steroid dienone is 1. The van der Waals surface area contributed by atoms with Gasteiger partial charge in [0.1, 0.15) is 0 Å². The quantitative estimate of drug-likeness (QED) is 0.325. The van der Waals surface area contributed by atoms with Gasteiger partial charge in [-0.1, -0.05) is 24.6 Å². The van der Waals surface area contributed by atoms with Crippen LogP contribution in [-0.2, 0) is 24.3 Å². The number of anilines is 1. The van der Waals surface area contributed by atoms with Crippen molar-refractivity contribution >= 4 is 17.2 Å². The molecule has 0 spiro atoms. The summed E-state index contributed by atoms with van der Waals surface area (Å²) in [5.41, 5.74) is 8.54. The average Bonchev–Trinajstić information content (AvgIpc) is 3.29. The number of aromatic nitrogens is 2. The van der Waals surface area contributed by atoms with Crippen LogP contribution < -0.4 is 5.32 Å². The molecule has 0 radical (unpaired) electrons. The maximum Gasteiger partial charge on any atom is 0.261 e. The molecule has 0 bridgehead atoms. The van der Waals surface area contributed by atoms with Crippen molar-refractivity contribution in [2.24, 2.45) is 0 Å². The second kappa shape index (κ2) is 12.4. The Labute approximate surface area is 246 Å². The highest BCUT2D eigenvalue weighted by Gasteiger charge is 2.38. The van der Waals surface area contributed by atoms with Gasteiger partial charge in [0.05, 0.1) is 24.1 Å². The topological polar surface area (TPSA) is 61.4 Å². The van der Waals surface area contributed by atoms with E-state index in [2.05, 4.69) is 45.3 Å². The van der Waals surface area contributed by atoms with E-state index in [0.29, 0.717) is 18.8 Å².